The van der Waals surface area contributed by atoms with Gasteiger partial charge >= 0.3 is 0 Å². The summed E-state index contributed by atoms with van der Waals surface area (Å²) in [5.74, 6) is 0.806. The number of amides is 1. The average Bonchev–Trinajstić information content (AvgIpc) is 3.05. The first-order valence-electron chi connectivity index (χ1n) is 10.2. The second-order valence-corrected chi connectivity index (χ2v) is 7.40. The molecule has 1 aliphatic rings. The molecule has 0 atom stereocenters. The lowest BCUT2D eigenvalue weighted by atomic mass is 10.0. The van der Waals surface area contributed by atoms with Crippen LogP contribution >= 0.6 is 0 Å². The van der Waals surface area contributed by atoms with Gasteiger partial charge in [-0.15, -0.1) is 0 Å². The summed E-state index contributed by atoms with van der Waals surface area (Å²) in [6.45, 7) is 4.16. The summed E-state index contributed by atoms with van der Waals surface area (Å²) in [5, 5.41) is 0. The van der Waals surface area contributed by atoms with E-state index >= 15 is 0 Å². The summed E-state index contributed by atoms with van der Waals surface area (Å²) in [6.07, 6.45) is 6.23. The highest BCUT2D eigenvalue weighted by Gasteiger charge is 2.20. The van der Waals surface area contributed by atoms with E-state index in [0.29, 0.717) is 5.56 Å². The van der Waals surface area contributed by atoms with Gasteiger partial charge in [0.2, 0.25) is 0 Å². The van der Waals surface area contributed by atoms with E-state index in [9.17, 15) is 4.79 Å². The predicted molar refractivity (Wildman–Crippen MR) is 116 cm³/mol. The normalized spacial score (nSPS) is 14.9. The fraction of sp³-hybridized carbons (Fsp3) is 0.292. The molecule has 6 heteroatoms. The minimum Gasteiger partial charge on any atom is -0.494 e. The fourth-order valence-electron chi connectivity index (χ4n) is 3.81. The van der Waals surface area contributed by atoms with Gasteiger partial charge < -0.3 is 9.64 Å². The minimum atomic E-state index is 0.0860. The van der Waals surface area contributed by atoms with Crippen LogP contribution in [-0.4, -0.2) is 59.0 Å². The van der Waals surface area contributed by atoms with E-state index < -0.39 is 0 Å². The molecule has 154 valence electrons. The smallest absolute Gasteiger partial charge is 0.253 e. The second kappa shape index (κ2) is 9.50. The largest absolute Gasteiger partial charge is 0.494 e. The Balaban J connectivity index is 1.40. The van der Waals surface area contributed by atoms with Crippen molar-refractivity contribution in [2.75, 3.05) is 33.3 Å². The fourth-order valence-corrected chi connectivity index (χ4v) is 3.81. The molecule has 30 heavy (non-hydrogen) atoms. The van der Waals surface area contributed by atoms with Gasteiger partial charge in [-0.1, -0.05) is 18.2 Å². The molecule has 1 saturated heterocycles. The van der Waals surface area contributed by atoms with E-state index in [1.807, 2.05) is 59.6 Å². The number of nitrogens with zero attached hydrogens (tertiary/aromatic N) is 4. The van der Waals surface area contributed by atoms with Crippen molar-refractivity contribution in [1.82, 2.24) is 19.8 Å². The lowest BCUT2D eigenvalue weighted by molar-refractivity contribution is 0.0761. The Morgan fingerprint density at radius 2 is 1.87 bits per heavy atom. The second-order valence-electron chi connectivity index (χ2n) is 7.40. The Kier molecular flexibility index (Phi) is 6.35. The van der Waals surface area contributed by atoms with Crippen molar-refractivity contribution in [1.29, 1.82) is 0 Å². The summed E-state index contributed by atoms with van der Waals surface area (Å²) in [4.78, 5) is 25.9. The summed E-state index contributed by atoms with van der Waals surface area (Å²) in [6, 6.07) is 15.6. The van der Waals surface area contributed by atoms with Gasteiger partial charge in [-0.25, -0.2) is 0 Å². The third kappa shape index (κ3) is 4.66. The summed E-state index contributed by atoms with van der Waals surface area (Å²) >= 11 is 0. The Morgan fingerprint density at radius 1 is 1.00 bits per heavy atom. The quantitative estimate of drug-likeness (QED) is 0.654. The van der Waals surface area contributed by atoms with Crippen LogP contribution in [0.15, 0.2) is 67.1 Å². The van der Waals surface area contributed by atoms with Crippen molar-refractivity contribution in [3.05, 3.63) is 78.4 Å². The molecule has 3 aromatic rings. The van der Waals surface area contributed by atoms with Crippen LogP contribution in [-0.2, 0) is 6.54 Å². The van der Waals surface area contributed by atoms with Crippen molar-refractivity contribution in [2.24, 2.45) is 0 Å². The van der Waals surface area contributed by atoms with Crippen molar-refractivity contribution >= 4 is 5.91 Å². The highest BCUT2D eigenvalue weighted by Crippen LogP contribution is 2.29. The topological polar surface area (TPSA) is 58.6 Å². The van der Waals surface area contributed by atoms with E-state index in [-0.39, 0.29) is 5.91 Å². The molecule has 0 aliphatic carbocycles. The van der Waals surface area contributed by atoms with Crippen LogP contribution in [0.3, 0.4) is 0 Å². The van der Waals surface area contributed by atoms with Gasteiger partial charge in [0.05, 0.1) is 19.0 Å². The SMILES string of the molecule is COc1cnccc1-c1ccc(C(=O)N2CCCN(Cc3ccccn3)CC2)cc1. The molecule has 0 radical (unpaired) electrons. The number of rotatable bonds is 5. The van der Waals surface area contributed by atoms with Crippen LogP contribution in [0.1, 0.15) is 22.5 Å². The van der Waals surface area contributed by atoms with Crippen molar-refractivity contribution in [3.8, 4) is 16.9 Å². The molecular formula is C24H26N4O2. The maximum Gasteiger partial charge on any atom is 0.253 e. The van der Waals surface area contributed by atoms with Crippen molar-refractivity contribution < 1.29 is 9.53 Å². The van der Waals surface area contributed by atoms with Crippen LogP contribution in [0.5, 0.6) is 5.75 Å². The molecule has 1 fully saturated rings. The third-order valence-electron chi connectivity index (χ3n) is 5.43. The number of hydrogen-bond acceptors (Lipinski definition) is 5. The molecule has 0 bridgehead atoms. The molecule has 2 aromatic heterocycles. The number of carbonyl (C=O) groups excluding carboxylic acids is 1. The van der Waals surface area contributed by atoms with Gasteiger partial charge in [0.1, 0.15) is 5.75 Å². The van der Waals surface area contributed by atoms with E-state index in [4.69, 9.17) is 4.74 Å². The number of hydrogen-bond donors (Lipinski definition) is 0. The monoisotopic (exact) mass is 402 g/mol. The number of carbonyl (C=O) groups is 1. The third-order valence-corrected chi connectivity index (χ3v) is 5.43. The van der Waals surface area contributed by atoms with Gasteiger partial charge in [-0.2, -0.15) is 0 Å². The van der Waals surface area contributed by atoms with E-state index in [1.165, 1.54) is 0 Å². The average molecular weight is 402 g/mol. The van der Waals surface area contributed by atoms with Crippen LogP contribution in [0.25, 0.3) is 11.1 Å². The highest BCUT2D eigenvalue weighted by atomic mass is 16.5. The molecule has 0 spiro atoms. The molecular weight excluding hydrogens is 376 g/mol. The number of pyridine rings is 2. The van der Waals surface area contributed by atoms with Gasteiger partial charge in [0.15, 0.2) is 0 Å². The number of benzene rings is 1. The Hall–Kier alpha value is -3.25. The molecule has 0 N–H and O–H groups in total. The predicted octanol–water partition coefficient (Wildman–Crippen LogP) is 3.50. The number of aromatic nitrogens is 2. The first-order valence-corrected chi connectivity index (χ1v) is 10.2. The molecule has 4 rings (SSSR count). The van der Waals surface area contributed by atoms with Gasteiger partial charge in [0.25, 0.3) is 5.91 Å². The van der Waals surface area contributed by atoms with Crippen molar-refractivity contribution in [2.45, 2.75) is 13.0 Å². The van der Waals surface area contributed by atoms with Crippen LogP contribution in [0, 0.1) is 0 Å². The summed E-state index contributed by atoms with van der Waals surface area (Å²) in [5.41, 5.74) is 3.75. The van der Waals surface area contributed by atoms with Gasteiger partial charge in [-0.05, 0) is 42.3 Å². The Bertz CT molecular complexity index is 976. The minimum absolute atomic E-state index is 0.0860. The Labute approximate surface area is 177 Å². The maximum absolute atomic E-state index is 13.0. The van der Waals surface area contributed by atoms with E-state index in [2.05, 4.69) is 14.9 Å². The summed E-state index contributed by atoms with van der Waals surface area (Å²) < 4.78 is 5.39. The standard InChI is InChI=1S/C24H26N4O2/c1-30-23-17-25-12-10-22(23)19-6-8-20(9-7-19)24(29)28-14-4-13-27(15-16-28)18-21-5-2-3-11-26-21/h2-3,5-12,17H,4,13-16,18H2,1H3. The molecule has 3 heterocycles. The first kappa shape index (κ1) is 20.0. The molecule has 0 unspecified atom stereocenters. The first-order chi connectivity index (χ1) is 14.7. The zero-order chi connectivity index (χ0) is 20.8. The van der Waals surface area contributed by atoms with Gasteiger partial charge in [0, 0.05) is 56.2 Å². The zero-order valence-electron chi connectivity index (χ0n) is 17.2. The van der Waals surface area contributed by atoms with Crippen LogP contribution in [0.4, 0.5) is 0 Å². The lowest BCUT2D eigenvalue weighted by Crippen LogP contribution is -2.35. The molecule has 0 saturated carbocycles. The Morgan fingerprint density at radius 3 is 2.63 bits per heavy atom. The molecule has 6 nitrogen and oxygen atoms in total. The van der Waals surface area contributed by atoms with E-state index in [1.54, 1.807) is 19.5 Å². The lowest BCUT2D eigenvalue weighted by Gasteiger charge is -2.22. The molecule has 1 aromatic carbocycles. The molecule has 1 amide bonds. The maximum atomic E-state index is 13.0. The zero-order valence-corrected chi connectivity index (χ0v) is 17.2. The summed E-state index contributed by atoms with van der Waals surface area (Å²) in [7, 11) is 1.63. The van der Waals surface area contributed by atoms with Gasteiger partial charge in [-0.3, -0.25) is 19.7 Å². The van der Waals surface area contributed by atoms with Crippen LogP contribution < -0.4 is 4.74 Å². The number of methoxy groups -OCH3 is 1. The van der Waals surface area contributed by atoms with E-state index in [0.717, 1.165) is 61.7 Å². The highest BCUT2D eigenvalue weighted by molar-refractivity contribution is 5.94. The number of ether oxygens (including phenoxy) is 1. The molecule has 1 aliphatic heterocycles. The van der Waals surface area contributed by atoms with Crippen LogP contribution in [0.2, 0.25) is 0 Å². The van der Waals surface area contributed by atoms with Crippen molar-refractivity contribution in [3.63, 3.8) is 0 Å².